The molecule has 4 rings (SSSR count). The van der Waals surface area contributed by atoms with Crippen molar-refractivity contribution in [1.29, 1.82) is 0 Å². The number of carbonyl (C=O) groups excluding carboxylic acids is 2. The molecule has 162 valence electrons. The maximum atomic E-state index is 13.3. The van der Waals surface area contributed by atoms with Gasteiger partial charge in [0.25, 0.3) is 11.8 Å². The number of alkyl halides is 3. The highest BCUT2D eigenvalue weighted by molar-refractivity contribution is 5.96. The van der Waals surface area contributed by atoms with Crippen LogP contribution in [-0.4, -0.2) is 41.5 Å². The summed E-state index contributed by atoms with van der Waals surface area (Å²) in [5.41, 5.74) is -0.917. The van der Waals surface area contributed by atoms with E-state index in [1.807, 2.05) is 0 Å². The number of aromatic nitrogens is 1. The molecule has 1 aliphatic heterocycles. The Balaban J connectivity index is 1.45. The van der Waals surface area contributed by atoms with E-state index in [-0.39, 0.29) is 24.7 Å². The third-order valence-corrected chi connectivity index (χ3v) is 5.24. The lowest BCUT2D eigenvalue weighted by molar-refractivity contribution is -0.138. The molecule has 9 heteroatoms. The molecule has 2 aliphatic rings. The number of carbonyl (C=O) groups is 2. The summed E-state index contributed by atoms with van der Waals surface area (Å²) in [6.07, 6.45) is 2.51. The summed E-state index contributed by atoms with van der Waals surface area (Å²) in [5, 5.41) is 2.87. The van der Waals surface area contributed by atoms with Crippen molar-refractivity contribution in [2.24, 2.45) is 5.92 Å². The van der Waals surface area contributed by atoms with Gasteiger partial charge in [-0.3, -0.25) is 9.59 Å². The Kier molecular flexibility index (Phi) is 5.67. The largest absolute Gasteiger partial charge is 0.417 e. The van der Waals surface area contributed by atoms with Crippen molar-refractivity contribution in [2.75, 3.05) is 24.7 Å². The second kappa shape index (κ2) is 8.41. The monoisotopic (exact) mass is 430 g/mol. The zero-order valence-electron chi connectivity index (χ0n) is 16.6. The lowest BCUT2D eigenvalue weighted by Crippen LogP contribution is -2.43. The van der Waals surface area contributed by atoms with Gasteiger partial charge in [0, 0.05) is 25.5 Å². The zero-order chi connectivity index (χ0) is 22.0. The van der Waals surface area contributed by atoms with Crippen molar-refractivity contribution in [1.82, 2.24) is 15.2 Å². The minimum Gasteiger partial charge on any atom is -0.352 e. The van der Waals surface area contributed by atoms with Crippen LogP contribution in [0.2, 0.25) is 0 Å². The number of rotatable bonds is 5. The van der Waals surface area contributed by atoms with Gasteiger partial charge in [0.1, 0.15) is 5.82 Å². The van der Waals surface area contributed by atoms with E-state index < -0.39 is 17.6 Å². The number of anilines is 1. The van der Waals surface area contributed by atoms with Gasteiger partial charge in [0.05, 0.1) is 23.4 Å². The first-order valence-electron chi connectivity index (χ1n) is 9.96. The molecule has 0 radical (unpaired) electrons. The van der Waals surface area contributed by atoms with E-state index in [1.54, 1.807) is 29.3 Å². The van der Waals surface area contributed by atoms with E-state index >= 15 is 0 Å². The Bertz CT molecular complexity index is 1000. The van der Waals surface area contributed by atoms with E-state index in [2.05, 4.69) is 10.3 Å². The van der Waals surface area contributed by atoms with Crippen LogP contribution in [-0.2, 0) is 6.18 Å². The van der Waals surface area contributed by atoms with E-state index in [9.17, 15) is 22.8 Å². The van der Waals surface area contributed by atoms with Crippen LogP contribution < -0.4 is 10.2 Å². The molecule has 0 bridgehead atoms. The van der Waals surface area contributed by atoms with Gasteiger partial charge in [-0.2, -0.15) is 13.2 Å². The molecular formula is C22H21F3N4O2. The molecule has 2 amide bonds. The SMILES string of the molecule is O=C(NCC1CC1)c1ccc(N2C=CCN(C(=O)c3ccccc3C(F)(F)F)C2)nc1. The van der Waals surface area contributed by atoms with E-state index in [0.717, 1.165) is 18.9 Å². The quantitative estimate of drug-likeness (QED) is 0.786. The average molecular weight is 430 g/mol. The van der Waals surface area contributed by atoms with Crippen LogP contribution in [0.5, 0.6) is 0 Å². The predicted octanol–water partition coefficient (Wildman–Crippen LogP) is 3.67. The molecule has 1 aromatic heterocycles. The van der Waals surface area contributed by atoms with Crippen LogP contribution in [0.4, 0.5) is 19.0 Å². The van der Waals surface area contributed by atoms with E-state index in [4.69, 9.17) is 0 Å². The predicted molar refractivity (Wildman–Crippen MR) is 108 cm³/mol. The third-order valence-electron chi connectivity index (χ3n) is 5.24. The standard InChI is InChI=1S/C22H21F3N4O2/c23-22(24,25)18-5-2-1-4-17(18)21(31)29-11-3-10-28(14-29)19-9-8-16(13-26-19)20(30)27-12-15-6-7-15/h1-5,8-10,13,15H,6-7,11-12,14H2,(H,27,30). The molecular weight excluding hydrogens is 409 g/mol. The van der Waals surface area contributed by atoms with Crippen LogP contribution in [0.1, 0.15) is 39.1 Å². The van der Waals surface area contributed by atoms with Gasteiger partial charge < -0.3 is 15.1 Å². The Morgan fingerprint density at radius 3 is 2.58 bits per heavy atom. The fourth-order valence-electron chi connectivity index (χ4n) is 3.32. The number of nitrogens with one attached hydrogen (secondary N) is 1. The van der Waals surface area contributed by atoms with Crippen molar-refractivity contribution in [3.05, 3.63) is 71.6 Å². The third kappa shape index (κ3) is 4.87. The molecule has 1 fully saturated rings. The molecule has 0 atom stereocenters. The van der Waals surface area contributed by atoms with Crippen LogP contribution in [0.25, 0.3) is 0 Å². The van der Waals surface area contributed by atoms with Crippen LogP contribution >= 0.6 is 0 Å². The van der Waals surface area contributed by atoms with Crippen molar-refractivity contribution >= 4 is 17.6 Å². The molecule has 0 saturated heterocycles. The van der Waals surface area contributed by atoms with Gasteiger partial charge in [0.2, 0.25) is 0 Å². The van der Waals surface area contributed by atoms with Crippen molar-refractivity contribution in [2.45, 2.75) is 19.0 Å². The highest BCUT2D eigenvalue weighted by atomic mass is 19.4. The van der Waals surface area contributed by atoms with Crippen molar-refractivity contribution in [3.63, 3.8) is 0 Å². The smallest absolute Gasteiger partial charge is 0.352 e. The summed E-state index contributed by atoms with van der Waals surface area (Å²) in [6.45, 7) is 0.886. The van der Waals surface area contributed by atoms with Gasteiger partial charge in [-0.15, -0.1) is 0 Å². The van der Waals surface area contributed by atoms with Gasteiger partial charge >= 0.3 is 6.18 Å². The van der Waals surface area contributed by atoms with Gasteiger partial charge in [-0.05, 0) is 49.1 Å². The number of halogens is 3. The number of nitrogens with zero attached hydrogens (tertiary/aromatic N) is 3. The topological polar surface area (TPSA) is 65.5 Å². The summed E-state index contributed by atoms with van der Waals surface area (Å²) in [7, 11) is 0. The zero-order valence-corrected chi connectivity index (χ0v) is 16.6. The Labute approximate surface area is 177 Å². The molecule has 1 N–H and O–H groups in total. The van der Waals surface area contributed by atoms with Crippen LogP contribution in [0, 0.1) is 5.92 Å². The molecule has 1 aromatic carbocycles. The summed E-state index contributed by atoms with van der Waals surface area (Å²) in [6, 6.07) is 8.04. The summed E-state index contributed by atoms with van der Waals surface area (Å²) >= 11 is 0. The fraction of sp³-hybridized carbons (Fsp3) is 0.318. The van der Waals surface area contributed by atoms with Crippen LogP contribution in [0.15, 0.2) is 54.9 Å². The minimum atomic E-state index is -4.62. The van der Waals surface area contributed by atoms with E-state index in [0.29, 0.717) is 23.8 Å². The average Bonchev–Trinajstić information content (AvgIpc) is 3.61. The normalized spacial score (nSPS) is 16.4. The first-order valence-corrected chi connectivity index (χ1v) is 9.96. The number of pyridine rings is 1. The summed E-state index contributed by atoms with van der Waals surface area (Å²) in [5.74, 6) is 0.149. The van der Waals surface area contributed by atoms with Gasteiger partial charge in [-0.1, -0.05) is 12.1 Å². The molecule has 0 unspecified atom stereocenters. The molecule has 1 aliphatic carbocycles. The van der Waals surface area contributed by atoms with Crippen molar-refractivity contribution < 1.29 is 22.8 Å². The summed E-state index contributed by atoms with van der Waals surface area (Å²) < 4.78 is 39.9. The molecule has 2 aromatic rings. The van der Waals surface area contributed by atoms with Crippen LogP contribution in [0.3, 0.4) is 0 Å². The lowest BCUT2D eigenvalue weighted by atomic mass is 10.1. The van der Waals surface area contributed by atoms with Gasteiger partial charge in [0.15, 0.2) is 0 Å². The molecule has 6 nitrogen and oxygen atoms in total. The first-order chi connectivity index (χ1) is 14.8. The Morgan fingerprint density at radius 1 is 1.13 bits per heavy atom. The number of hydrogen-bond donors (Lipinski definition) is 1. The molecule has 31 heavy (non-hydrogen) atoms. The van der Waals surface area contributed by atoms with E-state index in [1.165, 1.54) is 29.3 Å². The minimum absolute atomic E-state index is 0.0434. The molecule has 1 saturated carbocycles. The highest BCUT2D eigenvalue weighted by Gasteiger charge is 2.36. The highest BCUT2D eigenvalue weighted by Crippen LogP contribution is 2.32. The lowest BCUT2D eigenvalue weighted by Gasteiger charge is -2.32. The second-order valence-corrected chi connectivity index (χ2v) is 7.63. The maximum Gasteiger partial charge on any atom is 0.417 e. The maximum absolute atomic E-state index is 13.3. The number of benzene rings is 1. The van der Waals surface area contributed by atoms with Gasteiger partial charge in [-0.25, -0.2) is 4.98 Å². The molecule has 2 heterocycles. The second-order valence-electron chi connectivity index (χ2n) is 7.63. The Hall–Kier alpha value is -3.36. The molecule has 0 spiro atoms. The fourth-order valence-corrected chi connectivity index (χ4v) is 3.32. The first kappa shape index (κ1) is 20.9. The number of amides is 2. The summed E-state index contributed by atoms with van der Waals surface area (Å²) in [4.78, 5) is 32.2. The Morgan fingerprint density at radius 2 is 1.90 bits per heavy atom. The van der Waals surface area contributed by atoms with Crippen molar-refractivity contribution in [3.8, 4) is 0 Å². The number of hydrogen-bond acceptors (Lipinski definition) is 4.